The van der Waals surface area contributed by atoms with Gasteiger partial charge in [-0.25, -0.2) is 4.98 Å². The van der Waals surface area contributed by atoms with Crippen LogP contribution in [0.25, 0.3) is 0 Å². The average molecular weight is 316 g/mol. The lowest BCUT2D eigenvalue weighted by Crippen LogP contribution is -2.12. The fourth-order valence-electron chi connectivity index (χ4n) is 2.74. The fraction of sp³-hybridized carbons (Fsp3) is 0.412. The Bertz CT molecular complexity index is 634. The summed E-state index contributed by atoms with van der Waals surface area (Å²) in [5.41, 5.74) is 1.88. The van der Waals surface area contributed by atoms with Gasteiger partial charge in [0.1, 0.15) is 0 Å². The van der Waals surface area contributed by atoms with Crippen LogP contribution in [0.1, 0.15) is 48.2 Å². The summed E-state index contributed by atoms with van der Waals surface area (Å²) < 4.78 is 5.00. The summed E-state index contributed by atoms with van der Waals surface area (Å²) in [6, 6.07) is 6.20. The zero-order chi connectivity index (χ0) is 15.4. The molecule has 22 heavy (non-hydrogen) atoms. The predicted octanol–water partition coefficient (Wildman–Crippen LogP) is 4.66. The first-order valence-corrected chi connectivity index (χ1v) is 8.57. The molecule has 1 aliphatic rings. The highest BCUT2D eigenvalue weighted by atomic mass is 32.2. The van der Waals surface area contributed by atoms with Crippen LogP contribution in [0.3, 0.4) is 0 Å². The molecule has 4 nitrogen and oxygen atoms in total. The van der Waals surface area contributed by atoms with Crippen molar-refractivity contribution in [2.75, 3.05) is 5.32 Å². The van der Waals surface area contributed by atoms with Crippen molar-refractivity contribution in [2.24, 2.45) is 0 Å². The standard InChI is InChI=1S/C17H20N2O2S/c1-12-9-14(22-13-5-3-2-4-6-13)7-8-15(12)19-17(20)16-10-18-11-21-16/h7-11,13H,2-6H2,1H3,(H,19,20). The van der Waals surface area contributed by atoms with Crippen molar-refractivity contribution in [3.8, 4) is 0 Å². The number of thioether (sulfide) groups is 1. The number of carbonyl (C=O) groups excluding carboxylic acids is 1. The molecule has 0 spiro atoms. The minimum absolute atomic E-state index is 0.222. The van der Waals surface area contributed by atoms with Crippen LogP contribution in [0, 0.1) is 6.92 Å². The number of oxazole rings is 1. The second-order valence-electron chi connectivity index (χ2n) is 5.67. The fourth-order valence-corrected chi connectivity index (χ4v) is 4.08. The van der Waals surface area contributed by atoms with Crippen molar-refractivity contribution in [1.29, 1.82) is 0 Å². The van der Waals surface area contributed by atoms with E-state index in [4.69, 9.17) is 4.42 Å². The van der Waals surface area contributed by atoms with E-state index < -0.39 is 0 Å². The normalized spacial score (nSPS) is 15.7. The van der Waals surface area contributed by atoms with Gasteiger partial charge in [0.05, 0.1) is 6.20 Å². The zero-order valence-corrected chi connectivity index (χ0v) is 13.5. The molecule has 1 heterocycles. The lowest BCUT2D eigenvalue weighted by Gasteiger charge is -2.21. The van der Waals surface area contributed by atoms with Gasteiger partial charge in [-0.1, -0.05) is 19.3 Å². The van der Waals surface area contributed by atoms with E-state index in [1.54, 1.807) is 0 Å². The van der Waals surface area contributed by atoms with Crippen LogP contribution < -0.4 is 5.32 Å². The van der Waals surface area contributed by atoms with Crippen LogP contribution in [0.5, 0.6) is 0 Å². The van der Waals surface area contributed by atoms with E-state index in [0.29, 0.717) is 0 Å². The highest BCUT2D eigenvalue weighted by Gasteiger charge is 2.15. The van der Waals surface area contributed by atoms with E-state index in [-0.39, 0.29) is 11.7 Å². The maximum atomic E-state index is 12.0. The predicted molar refractivity (Wildman–Crippen MR) is 88.4 cm³/mol. The largest absolute Gasteiger partial charge is 0.438 e. The molecular weight excluding hydrogens is 296 g/mol. The Kier molecular flexibility index (Phi) is 4.83. The number of hydrogen-bond donors (Lipinski definition) is 1. The van der Waals surface area contributed by atoms with Gasteiger partial charge in [-0.3, -0.25) is 4.79 Å². The summed E-state index contributed by atoms with van der Waals surface area (Å²) in [5.74, 6) is -0.0478. The van der Waals surface area contributed by atoms with Crippen molar-refractivity contribution in [3.63, 3.8) is 0 Å². The number of nitrogens with zero attached hydrogens (tertiary/aromatic N) is 1. The first-order chi connectivity index (χ1) is 10.7. The van der Waals surface area contributed by atoms with Crippen molar-refractivity contribution in [2.45, 2.75) is 49.2 Å². The SMILES string of the molecule is Cc1cc(SC2CCCCC2)ccc1NC(=O)c1cnco1. The summed E-state index contributed by atoms with van der Waals surface area (Å²) in [5, 5.41) is 3.60. The molecule has 0 saturated heterocycles. The molecule has 0 unspecified atom stereocenters. The molecular formula is C17H20N2O2S. The molecule has 0 aliphatic heterocycles. The van der Waals surface area contributed by atoms with E-state index in [1.165, 1.54) is 49.6 Å². The Hall–Kier alpha value is -1.75. The molecule has 1 N–H and O–H groups in total. The maximum absolute atomic E-state index is 12.0. The quantitative estimate of drug-likeness (QED) is 0.891. The number of anilines is 1. The van der Waals surface area contributed by atoms with Crippen LogP contribution in [0.2, 0.25) is 0 Å². The Labute approximate surface area is 134 Å². The van der Waals surface area contributed by atoms with Gasteiger partial charge in [0, 0.05) is 15.8 Å². The first-order valence-electron chi connectivity index (χ1n) is 7.69. The number of nitrogens with one attached hydrogen (secondary N) is 1. The minimum atomic E-state index is -0.270. The van der Waals surface area contributed by atoms with Gasteiger partial charge in [-0.2, -0.15) is 0 Å². The Morgan fingerprint density at radius 3 is 2.82 bits per heavy atom. The Morgan fingerprint density at radius 2 is 2.14 bits per heavy atom. The van der Waals surface area contributed by atoms with E-state index in [9.17, 15) is 4.79 Å². The molecule has 1 fully saturated rings. The van der Waals surface area contributed by atoms with Crippen LogP contribution in [0.4, 0.5) is 5.69 Å². The van der Waals surface area contributed by atoms with Crippen molar-refractivity contribution < 1.29 is 9.21 Å². The molecule has 2 aromatic rings. The van der Waals surface area contributed by atoms with Gasteiger partial charge < -0.3 is 9.73 Å². The molecule has 1 amide bonds. The van der Waals surface area contributed by atoms with Gasteiger partial charge in [0.2, 0.25) is 5.76 Å². The summed E-state index contributed by atoms with van der Waals surface area (Å²) in [7, 11) is 0. The maximum Gasteiger partial charge on any atom is 0.293 e. The lowest BCUT2D eigenvalue weighted by molar-refractivity contribution is 0.0996. The number of amides is 1. The third-order valence-electron chi connectivity index (χ3n) is 3.96. The van der Waals surface area contributed by atoms with Gasteiger partial charge in [-0.15, -0.1) is 11.8 Å². The van der Waals surface area contributed by atoms with Gasteiger partial charge >= 0.3 is 0 Å². The Morgan fingerprint density at radius 1 is 1.32 bits per heavy atom. The second-order valence-corrected chi connectivity index (χ2v) is 7.05. The highest BCUT2D eigenvalue weighted by molar-refractivity contribution is 8.00. The molecule has 0 atom stereocenters. The zero-order valence-electron chi connectivity index (χ0n) is 12.7. The number of aryl methyl sites for hydroxylation is 1. The van der Waals surface area contributed by atoms with Crippen LogP contribution in [-0.4, -0.2) is 16.1 Å². The topological polar surface area (TPSA) is 55.1 Å². The number of benzene rings is 1. The summed E-state index contributed by atoms with van der Waals surface area (Å²) >= 11 is 1.96. The van der Waals surface area contributed by atoms with Crippen molar-refractivity contribution in [3.05, 3.63) is 42.1 Å². The molecule has 1 aromatic heterocycles. The van der Waals surface area contributed by atoms with Crippen LogP contribution in [-0.2, 0) is 0 Å². The summed E-state index contributed by atoms with van der Waals surface area (Å²) in [4.78, 5) is 17.0. The van der Waals surface area contributed by atoms with Crippen LogP contribution >= 0.6 is 11.8 Å². The highest BCUT2D eigenvalue weighted by Crippen LogP contribution is 2.34. The average Bonchev–Trinajstić information content (AvgIpc) is 3.05. The van der Waals surface area contributed by atoms with Crippen molar-refractivity contribution in [1.82, 2.24) is 4.98 Å². The number of hydrogen-bond acceptors (Lipinski definition) is 4. The third kappa shape index (κ3) is 3.71. The second kappa shape index (κ2) is 7.01. The lowest BCUT2D eigenvalue weighted by atomic mass is 10.0. The van der Waals surface area contributed by atoms with Gasteiger partial charge in [0.25, 0.3) is 5.91 Å². The smallest absolute Gasteiger partial charge is 0.293 e. The monoisotopic (exact) mass is 316 g/mol. The molecule has 1 aromatic carbocycles. The molecule has 5 heteroatoms. The minimum Gasteiger partial charge on any atom is -0.438 e. The molecule has 1 aliphatic carbocycles. The van der Waals surface area contributed by atoms with Crippen molar-refractivity contribution >= 4 is 23.4 Å². The number of aromatic nitrogens is 1. The molecule has 3 rings (SSSR count). The van der Waals surface area contributed by atoms with E-state index in [1.807, 2.05) is 24.8 Å². The first kappa shape index (κ1) is 15.2. The molecule has 116 valence electrons. The van der Waals surface area contributed by atoms with E-state index in [2.05, 4.69) is 22.4 Å². The van der Waals surface area contributed by atoms with E-state index in [0.717, 1.165) is 16.5 Å². The molecule has 1 saturated carbocycles. The van der Waals surface area contributed by atoms with Crippen LogP contribution in [0.15, 0.2) is 40.1 Å². The van der Waals surface area contributed by atoms with E-state index >= 15 is 0 Å². The summed E-state index contributed by atoms with van der Waals surface area (Å²) in [6.07, 6.45) is 9.37. The number of rotatable bonds is 4. The van der Waals surface area contributed by atoms with Gasteiger partial charge in [0.15, 0.2) is 6.39 Å². The summed E-state index contributed by atoms with van der Waals surface area (Å²) in [6.45, 7) is 2.01. The Balaban J connectivity index is 1.65. The molecule has 0 bridgehead atoms. The third-order valence-corrected chi connectivity index (χ3v) is 5.29. The van der Waals surface area contributed by atoms with Gasteiger partial charge in [-0.05, 0) is 43.5 Å². The number of carbonyl (C=O) groups is 1. The molecule has 0 radical (unpaired) electrons.